The number of likely N-dealkylation sites (N-methyl/N-ethyl adjacent to an activating group) is 2. The summed E-state index contributed by atoms with van der Waals surface area (Å²) in [5, 5.41) is 0.864. The summed E-state index contributed by atoms with van der Waals surface area (Å²) in [4.78, 5) is 9.40. The van der Waals surface area contributed by atoms with Crippen LogP contribution in [0, 0.1) is 0 Å². The van der Waals surface area contributed by atoms with E-state index < -0.39 is 0 Å². The highest BCUT2D eigenvalue weighted by Crippen LogP contribution is 2.22. The Kier molecular flexibility index (Phi) is 5.01. The van der Waals surface area contributed by atoms with E-state index in [1.165, 1.54) is 24.9 Å². The minimum Gasteiger partial charge on any atom is -0.358 e. The topological polar surface area (TPSA) is 19.4 Å². The van der Waals surface area contributed by atoms with Gasteiger partial charge in [-0.25, -0.2) is 4.98 Å². The van der Waals surface area contributed by atoms with E-state index >= 15 is 0 Å². The van der Waals surface area contributed by atoms with Crippen LogP contribution in [0.5, 0.6) is 0 Å². The molecular weight excluding hydrogens is 290 g/mol. The summed E-state index contributed by atoms with van der Waals surface area (Å²) in [6, 6.07) is 4.83. The van der Waals surface area contributed by atoms with Crippen LogP contribution in [0.2, 0.25) is 0 Å². The molecule has 0 saturated carbocycles. The first-order valence-electron chi connectivity index (χ1n) is 6.71. The van der Waals surface area contributed by atoms with Crippen molar-refractivity contribution in [2.45, 2.75) is 31.1 Å². The molecule has 1 fully saturated rings. The van der Waals surface area contributed by atoms with Gasteiger partial charge in [-0.1, -0.05) is 28.9 Å². The second-order valence-electron chi connectivity index (χ2n) is 4.92. The van der Waals surface area contributed by atoms with Crippen LogP contribution in [-0.4, -0.2) is 42.6 Å². The molecule has 1 aliphatic heterocycles. The van der Waals surface area contributed by atoms with Crippen molar-refractivity contribution in [2.75, 3.05) is 31.6 Å². The Morgan fingerprint density at radius 3 is 3.11 bits per heavy atom. The number of alkyl halides is 1. The van der Waals surface area contributed by atoms with Crippen molar-refractivity contribution in [1.29, 1.82) is 0 Å². The monoisotopic (exact) mass is 311 g/mol. The molecule has 0 amide bonds. The molecule has 1 saturated heterocycles. The van der Waals surface area contributed by atoms with E-state index in [2.05, 4.69) is 50.8 Å². The lowest BCUT2D eigenvalue weighted by molar-refractivity contribution is 0.270. The maximum Gasteiger partial charge on any atom is 0.132 e. The second-order valence-corrected chi connectivity index (χ2v) is 5.49. The minimum atomic E-state index is 0.685. The first kappa shape index (κ1) is 13.8. The van der Waals surface area contributed by atoms with Gasteiger partial charge < -0.3 is 4.90 Å². The van der Waals surface area contributed by atoms with Crippen molar-refractivity contribution in [3.8, 4) is 0 Å². The van der Waals surface area contributed by atoms with Crippen LogP contribution in [0.3, 0.4) is 0 Å². The Labute approximate surface area is 118 Å². The summed E-state index contributed by atoms with van der Waals surface area (Å²) in [6.07, 6.45) is 4.53. The number of nitrogens with zero attached hydrogens (tertiary/aromatic N) is 3. The van der Waals surface area contributed by atoms with Gasteiger partial charge in [0.1, 0.15) is 5.82 Å². The maximum absolute atomic E-state index is 4.52. The normalized spacial score (nSPS) is 20.3. The van der Waals surface area contributed by atoms with E-state index in [0.717, 1.165) is 24.2 Å². The van der Waals surface area contributed by atoms with Crippen LogP contribution < -0.4 is 4.90 Å². The minimum absolute atomic E-state index is 0.685. The predicted octanol–water partition coefficient (Wildman–Crippen LogP) is 2.90. The van der Waals surface area contributed by atoms with Crippen molar-refractivity contribution in [3.05, 3.63) is 23.9 Å². The lowest BCUT2D eigenvalue weighted by atomic mass is 10.2. The molecule has 3 nitrogen and oxygen atoms in total. The van der Waals surface area contributed by atoms with Gasteiger partial charge in [0.15, 0.2) is 0 Å². The molecule has 1 aliphatic rings. The molecule has 18 heavy (non-hydrogen) atoms. The Morgan fingerprint density at radius 2 is 2.39 bits per heavy atom. The molecule has 0 spiro atoms. The third kappa shape index (κ3) is 3.04. The highest BCUT2D eigenvalue weighted by atomic mass is 79.9. The van der Waals surface area contributed by atoms with E-state index in [9.17, 15) is 0 Å². The van der Waals surface area contributed by atoms with Gasteiger partial charge in [-0.05, 0) is 32.0 Å². The maximum atomic E-state index is 4.52. The van der Waals surface area contributed by atoms with Gasteiger partial charge in [-0.2, -0.15) is 0 Å². The van der Waals surface area contributed by atoms with Crippen molar-refractivity contribution >= 4 is 21.7 Å². The fraction of sp³-hybridized carbons (Fsp3) is 0.643. The number of pyridine rings is 1. The van der Waals surface area contributed by atoms with Crippen LogP contribution >= 0.6 is 15.9 Å². The van der Waals surface area contributed by atoms with Gasteiger partial charge in [-0.15, -0.1) is 0 Å². The van der Waals surface area contributed by atoms with Gasteiger partial charge in [0, 0.05) is 36.7 Å². The second kappa shape index (κ2) is 6.53. The van der Waals surface area contributed by atoms with Gasteiger partial charge in [-0.3, -0.25) is 4.90 Å². The molecular formula is C14H22BrN3. The fourth-order valence-corrected chi connectivity index (χ4v) is 3.24. The summed E-state index contributed by atoms with van der Waals surface area (Å²) < 4.78 is 0. The van der Waals surface area contributed by atoms with Crippen LogP contribution in [-0.2, 0) is 5.33 Å². The van der Waals surface area contributed by atoms with Crippen LogP contribution in [0.15, 0.2) is 18.3 Å². The third-order valence-corrected chi connectivity index (χ3v) is 4.37. The average Bonchev–Trinajstić information content (AvgIpc) is 2.85. The molecule has 0 aromatic carbocycles. The van der Waals surface area contributed by atoms with Crippen molar-refractivity contribution in [2.24, 2.45) is 0 Å². The number of hydrogen-bond acceptors (Lipinski definition) is 3. The zero-order valence-electron chi connectivity index (χ0n) is 11.3. The molecule has 2 heterocycles. The summed E-state index contributed by atoms with van der Waals surface area (Å²) in [5.41, 5.74) is 1.26. The van der Waals surface area contributed by atoms with Crippen LogP contribution in [0.1, 0.15) is 25.3 Å². The lowest BCUT2D eigenvalue weighted by Crippen LogP contribution is -2.39. The van der Waals surface area contributed by atoms with Crippen molar-refractivity contribution in [1.82, 2.24) is 9.88 Å². The molecule has 4 heteroatoms. The number of rotatable bonds is 5. The molecule has 0 bridgehead atoms. The van der Waals surface area contributed by atoms with E-state index in [0.29, 0.717) is 6.04 Å². The molecule has 100 valence electrons. The van der Waals surface area contributed by atoms with Gasteiger partial charge >= 0.3 is 0 Å². The highest BCUT2D eigenvalue weighted by Gasteiger charge is 2.24. The smallest absolute Gasteiger partial charge is 0.132 e. The molecule has 2 rings (SSSR count). The van der Waals surface area contributed by atoms with Gasteiger partial charge in [0.05, 0.1) is 0 Å². The Morgan fingerprint density at radius 1 is 1.56 bits per heavy atom. The molecule has 1 atom stereocenters. The zero-order valence-corrected chi connectivity index (χ0v) is 12.9. The molecule has 1 aromatic heterocycles. The van der Waals surface area contributed by atoms with Gasteiger partial charge in [0.2, 0.25) is 0 Å². The summed E-state index contributed by atoms with van der Waals surface area (Å²) in [6.45, 7) is 5.74. The molecule has 1 aromatic rings. The first-order chi connectivity index (χ1) is 8.76. The van der Waals surface area contributed by atoms with Crippen molar-refractivity contribution < 1.29 is 0 Å². The van der Waals surface area contributed by atoms with E-state index in [1.807, 2.05) is 12.3 Å². The standard InChI is InChI=1S/C14H22BrN3/c1-3-18-9-5-7-13(18)11-17(2)14-12(10-15)6-4-8-16-14/h4,6,8,13H,3,5,7,9-11H2,1-2H3. The van der Waals surface area contributed by atoms with Crippen LogP contribution in [0.25, 0.3) is 0 Å². The Bertz CT molecular complexity index is 383. The molecule has 1 unspecified atom stereocenters. The van der Waals surface area contributed by atoms with E-state index in [-0.39, 0.29) is 0 Å². The number of halogens is 1. The molecule has 0 N–H and O–H groups in total. The third-order valence-electron chi connectivity index (χ3n) is 3.76. The van der Waals surface area contributed by atoms with Gasteiger partial charge in [0.25, 0.3) is 0 Å². The van der Waals surface area contributed by atoms with Crippen LogP contribution in [0.4, 0.5) is 5.82 Å². The average molecular weight is 312 g/mol. The number of anilines is 1. The Balaban J connectivity index is 2.05. The summed E-state index contributed by atoms with van der Waals surface area (Å²) >= 11 is 3.54. The predicted molar refractivity (Wildman–Crippen MR) is 80.4 cm³/mol. The SMILES string of the molecule is CCN1CCCC1CN(C)c1ncccc1CBr. The summed E-state index contributed by atoms with van der Waals surface area (Å²) in [5.74, 6) is 1.11. The van der Waals surface area contributed by atoms with E-state index in [1.54, 1.807) is 0 Å². The Hall–Kier alpha value is -0.610. The number of aromatic nitrogens is 1. The largest absolute Gasteiger partial charge is 0.358 e. The highest BCUT2D eigenvalue weighted by molar-refractivity contribution is 9.08. The summed E-state index contributed by atoms with van der Waals surface area (Å²) in [7, 11) is 2.15. The lowest BCUT2D eigenvalue weighted by Gasteiger charge is -2.29. The first-order valence-corrected chi connectivity index (χ1v) is 7.83. The van der Waals surface area contributed by atoms with E-state index in [4.69, 9.17) is 0 Å². The fourth-order valence-electron chi connectivity index (χ4n) is 2.80. The quantitative estimate of drug-likeness (QED) is 0.779. The molecule has 0 aliphatic carbocycles. The number of hydrogen-bond donors (Lipinski definition) is 0. The molecule has 0 radical (unpaired) electrons. The van der Waals surface area contributed by atoms with Crippen molar-refractivity contribution in [3.63, 3.8) is 0 Å². The number of likely N-dealkylation sites (tertiary alicyclic amines) is 1. The zero-order chi connectivity index (χ0) is 13.0.